The molecule has 3 rings (SSSR count). The molecule has 1 fully saturated rings. The molecule has 1 aliphatic rings. The highest BCUT2D eigenvalue weighted by molar-refractivity contribution is 5.59. The first-order chi connectivity index (χ1) is 14.3. The average Bonchev–Trinajstić information content (AvgIpc) is 2.78. The van der Waals surface area contributed by atoms with Crippen LogP contribution in [0.2, 0.25) is 0 Å². The van der Waals surface area contributed by atoms with E-state index in [1.165, 1.54) is 68.1 Å². The summed E-state index contributed by atoms with van der Waals surface area (Å²) in [6, 6.07) is 13.6. The summed E-state index contributed by atoms with van der Waals surface area (Å²) in [6.07, 6.45) is 18.1. The number of benzene rings is 1. The summed E-state index contributed by atoms with van der Waals surface area (Å²) in [6.45, 7) is 2.99. The van der Waals surface area contributed by atoms with Gasteiger partial charge in [-0.1, -0.05) is 68.7 Å². The van der Waals surface area contributed by atoms with Gasteiger partial charge in [0.2, 0.25) is 0 Å². The van der Waals surface area contributed by atoms with Gasteiger partial charge < -0.3 is 4.74 Å². The summed E-state index contributed by atoms with van der Waals surface area (Å²) >= 11 is 0. The first kappa shape index (κ1) is 21.8. The van der Waals surface area contributed by atoms with Crippen molar-refractivity contribution in [3.05, 3.63) is 65.9 Å². The number of hydrogen-bond acceptors (Lipinski definition) is 2. The topological polar surface area (TPSA) is 22.1 Å². The van der Waals surface area contributed by atoms with E-state index in [0.29, 0.717) is 5.92 Å². The van der Waals surface area contributed by atoms with Gasteiger partial charge in [-0.05, 0) is 67.6 Å². The van der Waals surface area contributed by atoms with Crippen LogP contribution in [0.4, 0.5) is 0 Å². The summed E-state index contributed by atoms with van der Waals surface area (Å²) in [5, 5.41) is 0. The first-order valence-corrected chi connectivity index (χ1v) is 11.5. The van der Waals surface area contributed by atoms with Gasteiger partial charge in [0.05, 0.1) is 12.3 Å². The quantitative estimate of drug-likeness (QED) is 0.312. The number of nitrogens with zero attached hydrogens (tertiary/aromatic N) is 1. The van der Waals surface area contributed by atoms with Crippen molar-refractivity contribution in [2.24, 2.45) is 5.92 Å². The number of ether oxygens (including phenoxy) is 1. The van der Waals surface area contributed by atoms with Crippen LogP contribution in [-0.4, -0.2) is 18.7 Å². The van der Waals surface area contributed by atoms with Gasteiger partial charge in [0.15, 0.2) is 0 Å². The van der Waals surface area contributed by atoms with Crippen molar-refractivity contribution in [3.8, 4) is 11.3 Å². The number of allylic oxidation sites excluding steroid dienone is 1. The zero-order valence-corrected chi connectivity index (χ0v) is 18.3. The van der Waals surface area contributed by atoms with Crippen LogP contribution < -0.4 is 0 Å². The highest BCUT2D eigenvalue weighted by atomic mass is 16.5. The van der Waals surface area contributed by atoms with E-state index in [0.717, 1.165) is 24.6 Å². The number of rotatable bonds is 10. The van der Waals surface area contributed by atoms with E-state index in [4.69, 9.17) is 9.72 Å². The zero-order valence-electron chi connectivity index (χ0n) is 18.3. The van der Waals surface area contributed by atoms with Gasteiger partial charge in [0.25, 0.3) is 0 Å². The second-order valence-corrected chi connectivity index (χ2v) is 8.48. The van der Waals surface area contributed by atoms with Crippen LogP contribution in [0.5, 0.6) is 0 Å². The van der Waals surface area contributed by atoms with E-state index in [1.807, 2.05) is 0 Å². The molecule has 2 nitrogen and oxygen atoms in total. The third-order valence-corrected chi connectivity index (χ3v) is 6.26. The van der Waals surface area contributed by atoms with E-state index in [1.54, 1.807) is 7.11 Å². The smallest absolute Gasteiger partial charge is 0.0702 e. The Bertz CT molecular complexity index is 724. The maximum Gasteiger partial charge on any atom is 0.0702 e. The van der Waals surface area contributed by atoms with Gasteiger partial charge in [0, 0.05) is 18.9 Å². The third-order valence-electron chi connectivity index (χ3n) is 6.26. The molecule has 1 aromatic carbocycles. The Morgan fingerprint density at radius 1 is 0.966 bits per heavy atom. The molecule has 29 heavy (non-hydrogen) atoms. The van der Waals surface area contributed by atoms with E-state index in [2.05, 4.69) is 61.7 Å². The molecule has 0 amide bonds. The van der Waals surface area contributed by atoms with Gasteiger partial charge >= 0.3 is 0 Å². The number of hydrogen-bond donors (Lipinski definition) is 0. The normalized spacial score (nSPS) is 19.7. The lowest BCUT2D eigenvalue weighted by Crippen LogP contribution is -2.11. The van der Waals surface area contributed by atoms with Crippen molar-refractivity contribution in [3.63, 3.8) is 0 Å². The van der Waals surface area contributed by atoms with E-state index in [9.17, 15) is 0 Å². The Labute approximate surface area is 177 Å². The Kier molecular flexibility index (Phi) is 8.95. The Morgan fingerprint density at radius 2 is 1.76 bits per heavy atom. The van der Waals surface area contributed by atoms with Crippen LogP contribution in [-0.2, 0) is 11.2 Å². The maximum absolute atomic E-state index is 5.11. The van der Waals surface area contributed by atoms with Crippen LogP contribution in [0, 0.1) is 5.92 Å². The molecular weight excluding hydrogens is 354 g/mol. The molecule has 0 saturated heterocycles. The maximum atomic E-state index is 5.11. The van der Waals surface area contributed by atoms with E-state index in [-0.39, 0.29) is 0 Å². The molecule has 0 unspecified atom stereocenters. The molecular formula is C27H37NO. The molecule has 2 heteroatoms. The lowest BCUT2D eigenvalue weighted by atomic mass is 9.78. The van der Waals surface area contributed by atoms with Crippen LogP contribution >= 0.6 is 0 Å². The molecule has 0 radical (unpaired) electrons. The summed E-state index contributed by atoms with van der Waals surface area (Å²) in [4.78, 5) is 4.72. The molecule has 1 aliphatic carbocycles. The lowest BCUT2D eigenvalue weighted by Gasteiger charge is -2.27. The SMILES string of the molecule is CCCCCCc1ccc(-c2ccc([C@H]3CC[C@H](C=CCOC)CC3)cc2)nc1. The summed E-state index contributed by atoms with van der Waals surface area (Å²) < 4.78 is 5.11. The molecule has 2 aromatic rings. The molecule has 0 atom stereocenters. The fraction of sp³-hybridized carbons (Fsp3) is 0.519. The Morgan fingerprint density at radius 3 is 2.41 bits per heavy atom. The Hall–Kier alpha value is -1.93. The van der Waals surface area contributed by atoms with Gasteiger partial charge in [-0.3, -0.25) is 4.98 Å². The van der Waals surface area contributed by atoms with E-state index >= 15 is 0 Å². The van der Waals surface area contributed by atoms with Gasteiger partial charge in [-0.15, -0.1) is 0 Å². The molecule has 1 saturated carbocycles. The minimum Gasteiger partial charge on any atom is -0.381 e. The van der Waals surface area contributed by atoms with E-state index < -0.39 is 0 Å². The predicted molar refractivity (Wildman–Crippen MR) is 123 cm³/mol. The fourth-order valence-corrected chi connectivity index (χ4v) is 4.41. The van der Waals surface area contributed by atoms with Crippen molar-refractivity contribution in [1.29, 1.82) is 0 Å². The van der Waals surface area contributed by atoms with Gasteiger partial charge in [-0.2, -0.15) is 0 Å². The highest BCUT2D eigenvalue weighted by Gasteiger charge is 2.20. The van der Waals surface area contributed by atoms with Crippen molar-refractivity contribution in [2.75, 3.05) is 13.7 Å². The second kappa shape index (κ2) is 11.9. The average molecular weight is 392 g/mol. The summed E-state index contributed by atoms with van der Waals surface area (Å²) in [5.74, 6) is 1.43. The number of aryl methyl sites for hydroxylation is 1. The monoisotopic (exact) mass is 391 g/mol. The largest absolute Gasteiger partial charge is 0.381 e. The molecule has 156 valence electrons. The third kappa shape index (κ3) is 6.82. The molecule has 0 N–H and O–H groups in total. The van der Waals surface area contributed by atoms with Crippen molar-refractivity contribution in [1.82, 2.24) is 4.98 Å². The zero-order chi connectivity index (χ0) is 20.3. The van der Waals surface area contributed by atoms with Crippen molar-refractivity contribution < 1.29 is 4.74 Å². The van der Waals surface area contributed by atoms with Crippen LogP contribution in [0.1, 0.15) is 75.3 Å². The second-order valence-electron chi connectivity index (χ2n) is 8.48. The van der Waals surface area contributed by atoms with Gasteiger partial charge in [0.1, 0.15) is 0 Å². The molecule has 0 spiro atoms. The summed E-state index contributed by atoms with van der Waals surface area (Å²) in [5.41, 5.74) is 5.15. The number of unbranched alkanes of at least 4 members (excludes halogenated alkanes) is 3. The van der Waals surface area contributed by atoms with Crippen molar-refractivity contribution in [2.45, 2.75) is 70.6 Å². The number of pyridine rings is 1. The molecule has 0 aliphatic heterocycles. The standard InChI is InChI=1S/C27H37NO/c1-3-4-5-6-8-23-12-19-27(28-21-23)26-17-15-25(16-18-26)24-13-10-22(11-14-24)9-7-20-29-2/h7,9,12,15-19,21-22,24H,3-6,8,10-11,13-14,20H2,1-2H3/t22-,24-. The summed E-state index contributed by atoms with van der Waals surface area (Å²) in [7, 11) is 1.75. The number of methoxy groups -OCH3 is 1. The minimum absolute atomic E-state index is 0.703. The lowest BCUT2D eigenvalue weighted by molar-refractivity contribution is 0.233. The fourth-order valence-electron chi connectivity index (χ4n) is 4.41. The molecule has 0 bridgehead atoms. The first-order valence-electron chi connectivity index (χ1n) is 11.5. The predicted octanol–water partition coefficient (Wildman–Crippen LogP) is 7.35. The van der Waals surface area contributed by atoms with Crippen molar-refractivity contribution >= 4 is 0 Å². The number of aromatic nitrogens is 1. The van der Waals surface area contributed by atoms with Gasteiger partial charge in [-0.25, -0.2) is 0 Å². The molecule has 1 aromatic heterocycles. The Balaban J connectivity index is 1.51. The van der Waals surface area contributed by atoms with Crippen LogP contribution in [0.15, 0.2) is 54.7 Å². The highest BCUT2D eigenvalue weighted by Crippen LogP contribution is 2.36. The minimum atomic E-state index is 0.703. The molecule has 1 heterocycles. The van der Waals surface area contributed by atoms with Crippen LogP contribution in [0.3, 0.4) is 0 Å². The van der Waals surface area contributed by atoms with Crippen LogP contribution in [0.25, 0.3) is 11.3 Å².